The lowest BCUT2D eigenvalue weighted by Gasteiger charge is -2.27. The van der Waals surface area contributed by atoms with Gasteiger partial charge in [0.05, 0.1) is 35.3 Å². The van der Waals surface area contributed by atoms with Crippen LogP contribution in [0.25, 0.3) is 27.7 Å². The van der Waals surface area contributed by atoms with Gasteiger partial charge in [0, 0.05) is 29.2 Å². The maximum absolute atomic E-state index is 15.7. The molecular formula is C34H27F3N2O3. The molecule has 0 saturated heterocycles. The Labute approximate surface area is 241 Å². The summed E-state index contributed by atoms with van der Waals surface area (Å²) < 4.78 is 57.7. The number of carbonyl (C=O) groups excluding carboxylic acids is 1. The molecule has 42 heavy (non-hydrogen) atoms. The van der Waals surface area contributed by atoms with Crippen LogP contribution in [-0.2, 0) is 16.8 Å². The van der Waals surface area contributed by atoms with Crippen LogP contribution in [0.5, 0.6) is 5.75 Å². The topological polar surface area (TPSA) is 64.2 Å². The highest BCUT2D eigenvalue weighted by molar-refractivity contribution is 6.04. The molecule has 0 amide bonds. The normalized spacial score (nSPS) is 11.4. The van der Waals surface area contributed by atoms with Gasteiger partial charge >= 0.3 is 5.97 Å². The molecule has 0 aliphatic heterocycles. The molecule has 0 aliphatic carbocycles. The van der Waals surface area contributed by atoms with Gasteiger partial charge in [0.25, 0.3) is 0 Å². The zero-order chi connectivity index (χ0) is 30.0. The Balaban J connectivity index is 1.89. The van der Waals surface area contributed by atoms with E-state index in [4.69, 9.17) is 9.47 Å². The quantitative estimate of drug-likeness (QED) is 0.177. The van der Waals surface area contributed by atoms with Crippen LogP contribution < -0.4 is 4.74 Å². The van der Waals surface area contributed by atoms with Crippen molar-refractivity contribution in [2.45, 2.75) is 32.3 Å². The van der Waals surface area contributed by atoms with Gasteiger partial charge < -0.3 is 14.0 Å². The fourth-order valence-corrected chi connectivity index (χ4v) is 5.20. The van der Waals surface area contributed by atoms with E-state index in [9.17, 15) is 14.4 Å². The molecular weight excluding hydrogens is 541 g/mol. The van der Waals surface area contributed by atoms with E-state index >= 15 is 8.78 Å². The van der Waals surface area contributed by atoms with Crippen LogP contribution in [0, 0.1) is 28.8 Å². The molecule has 0 radical (unpaired) electrons. The zero-order valence-corrected chi connectivity index (χ0v) is 23.3. The minimum atomic E-state index is -0.905. The second-order valence-electron chi connectivity index (χ2n) is 10.5. The molecule has 212 valence electrons. The predicted octanol–water partition coefficient (Wildman–Crippen LogP) is 8.27. The summed E-state index contributed by atoms with van der Waals surface area (Å²) in [4.78, 5) is 12.2. The maximum atomic E-state index is 15.7. The summed E-state index contributed by atoms with van der Waals surface area (Å²) in [5.74, 6) is -2.79. The lowest BCUT2D eigenvalue weighted by molar-refractivity contribution is 0.0600. The number of esters is 1. The van der Waals surface area contributed by atoms with E-state index in [1.54, 1.807) is 28.8 Å². The summed E-state index contributed by atoms with van der Waals surface area (Å²) >= 11 is 0. The van der Waals surface area contributed by atoms with Crippen molar-refractivity contribution >= 4 is 16.9 Å². The third kappa shape index (κ3) is 5.21. The summed E-state index contributed by atoms with van der Waals surface area (Å²) in [5, 5.41) is 10.1. The van der Waals surface area contributed by atoms with Gasteiger partial charge in [-0.15, -0.1) is 0 Å². The van der Waals surface area contributed by atoms with Crippen LogP contribution in [0.2, 0.25) is 0 Å². The number of nitrogens with zero attached hydrogens (tertiary/aromatic N) is 2. The summed E-state index contributed by atoms with van der Waals surface area (Å²) in [6, 6.07) is 24.0. The van der Waals surface area contributed by atoms with Gasteiger partial charge in [0.1, 0.15) is 18.2 Å². The predicted molar refractivity (Wildman–Crippen MR) is 154 cm³/mol. The highest BCUT2D eigenvalue weighted by atomic mass is 19.1. The Bertz CT molecular complexity index is 1820. The summed E-state index contributed by atoms with van der Waals surface area (Å²) in [6.45, 7) is 3.72. The number of nitriles is 1. The molecule has 8 heteroatoms. The smallest absolute Gasteiger partial charge is 0.337 e. The van der Waals surface area contributed by atoms with Crippen molar-refractivity contribution in [1.29, 1.82) is 5.26 Å². The van der Waals surface area contributed by atoms with Crippen LogP contribution in [0.15, 0.2) is 84.9 Å². The third-order valence-electron chi connectivity index (χ3n) is 7.17. The maximum Gasteiger partial charge on any atom is 0.337 e. The first-order valence-corrected chi connectivity index (χ1v) is 13.2. The van der Waals surface area contributed by atoms with Crippen LogP contribution in [0.4, 0.5) is 13.2 Å². The second kappa shape index (κ2) is 11.5. The van der Waals surface area contributed by atoms with E-state index in [0.717, 1.165) is 17.7 Å². The van der Waals surface area contributed by atoms with Gasteiger partial charge in [0.2, 0.25) is 0 Å². The van der Waals surface area contributed by atoms with E-state index in [2.05, 4.69) is 6.07 Å². The number of fused-ring (bicyclic) bond motifs is 1. The molecule has 0 aliphatic rings. The minimum Gasteiger partial charge on any atom is -0.485 e. The van der Waals surface area contributed by atoms with Gasteiger partial charge in [-0.25, -0.2) is 18.0 Å². The Morgan fingerprint density at radius 1 is 0.929 bits per heavy atom. The molecule has 5 nitrogen and oxygen atoms in total. The highest BCUT2D eigenvalue weighted by Gasteiger charge is 2.34. The number of benzene rings is 4. The molecule has 4 aromatic carbocycles. The van der Waals surface area contributed by atoms with Crippen molar-refractivity contribution in [1.82, 2.24) is 4.57 Å². The first-order valence-electron chi connectivity index (χ1n) is 13.2. The SMILES string of the molecule is COC(=O)c1ccc(-c2c(C(C)(C)CC#N)n(-c3ccc(F)cc3F)c3ccc(F)c(OCc4ccccc4)c23)cc1. The average Bonchev–Trinajstić information content (AvgIpc) is 3.33. The number of hydrogen-bond acceptors (Lipinski definition) is 4. The van der Waals surface area contributed by atoms with Crippen molar-refractivity contribution in [3.63, 3.8) is 0 Å². The standard InChI is InChI=1S/C34H27F3N2O3/c1-34(2,17-18-38)32-29(22-9-11-23(12-10-22)33(40)41-3)30-28(39(32)27-15-13-24(35)19-26(27)37)16-14-25(36)31(30)42-20-21-7-5-4-6-8-21/h4-16,19H,17,20H2,1-3H3. The van der Waals surface area contributed by atoms with E-state index in [1.165, 1.54) is 25.3 Å². The Hall–Kier alpha value is -5.03. The van der Waals surface area contributed by atoms with Crippen LogP contribution in [0.3, 0.4) is 0 Å². The Morgan fingerprint density at radius 3 is 2.29 bits per heavy atom. The van der Waals surface area contributed by atoms with Crippen molar-refractivity contribution in [2.24, 2.45) is 0 Å². The van der Waals surface area contributed by atoms with Crippen LogP contribution in [0.1, 0.15) is 41.9 Å². The van der Waals surface area contributed by atoms with Crippen molar-refractivity contribution in [3.05, 3.63) is 119 Å². The minimum absolute atomic E-state index is 0.0282. The molecule has 0 N–H and O–H groups in total. The van der Waals surface area contributed by atoms with Gasteiger partial charge in [-0.3, -0.25) is 0 Å². The number of methoxy groups -OCH3 is 1. The number of rotatable bonds is 8. The van der Waals surface area contributed by atoms with E-state index in [1.807, 2.05) is 44.2 Å². The zero-order valence-electron chi connectivity index (χ0n) is 23.3. The molecule has 0 bridgehead atoms. The first-order chi connectivity index (χ1) is 20.2. The van der Waals surface area contributed by atoms with E-state index in [-0.39, 0.29) is 24.5 Å². The molecule has 0 spiro atoms. The molecule has 5 rings (SSSR count). The Kier molecular flexibility index (Phi) is 7.77. The first kappa shape index (κ1) is 28.5. The molecule has 0 fully saturated rings. The largest absolute Gasteiger partial charge is 0.485 e. The number of carbonyl (C=O) groups is 1. The highest BCUT2D eigenvalue weighted by Crippen LogP contribution is 2.48. The number of hydrogen-bond donors (Lipinski definition) is 0. The Morgan fingerprint density at radius 2 is 1.64 bits per heavy atom. The molecule has 1 heterocycles. The van der Waals surface area contributed by atoms with E-state index < -0.39 is 28.8 Å². The lowest BCUT2D eigenvalue weighted by Crippen LogP contribution is -2.22. The third-order valence-corrected chi connectivity index (χ3v) is 7.17. The fraction of sp³-hybridized carbons (Fsp3) is 0.176. The van der Waals surface area contributed by atoms with E-state index in [0.29, 0.717) is 33.3 Å². The van der Waals surface area contributed by atoms with Crippen molar-refractivity contribution < 1.29 is 27.4 Å². The number of halogens is 3. The van der Waals surface area contributed by atoms with Crippen LogP contribution >= 0.6 is 0 Å². The van der Waals surface area contributed by atoms with Crippen molar-refractivity contribution in [2.75, 3.05) is 7.11 Å². The van der Waals surface area contributed by atoms with Crippen LogP contribution in [-0.4, -0.2) is 17.6 Å². The lowest BCUT2D eigenvalue weighted by atomic mass is 9.81. The molecule has 0 atom stereocenters. The average molecular weight is 569 g/mol. The van der Waals surface area contributed by atoms with Gasteiger partial charge in [-0.1, -0.05) is 56.3 Å². The monoisotopic (exact) mass is 568 g/mol. The molecule has 1 aromatic heterocycles. The molecule has 0 saturated carbocycles. The summed E-state index contributed by atoms with van der Waals surface area (Å²) in [7, 11) is 1.28. The number of aromatic nitrogens is 1. The molecule has 5 aromatic rings. The van der Waals surface area contributed by atoms with Crippen molar-refractivity contribution in [3.8, 4) is 28.6 Å². The van der Waals surface area contributed by atoms with Gasteiger partial charge in [0.15, 0.2) is 11.6 Å². The van der Waals surface area contributed by atoms with Gasteiger partial charge in [-0.2, -0.15) is 5.26 Å². The molecule has 0 unspecified atom stereocenters. The summed E-state index contributed by atoms with van der Waals surface area (Å²) in [6.07, 6.45) is 0.0298. The van der Waals surface area contributed by atoms with Gasteiger partial charge in [-0.05, 0) is 47.5 Å². The second-order valence-corrected chi connectivity index (χ2v) is 10.5. The summed E-state index contributed by atoms with van der Waals surface area (Å²) in [5.41, 5.74) is 2.20. The fourth-order valence-electron chi connectivity index (χ4n) is 5.20. The number of ether oxygens (including phenoxy) is 2.